The van der Waals surface area contributed by atoms with E-state index in [1.54, 1.807) is 0 Å². The van der Waals surface area contributed by atoms with Gasteiger partial charge in [-0.05, 0) is 30.1 Å². The predicted molar refractivity (Wildman–Crippen MR) is 61.5 cm³/mol. The lowest BCUT2D eigenvalue weighted by atomic mass is 10.3. The van der Waals surface area contributed by atoms with Gasteiger partial charge < -0.3 is 9.42 Å². The number of benzene rings is 1. The number of nitrogens with one attached hydrogen (secondary N) is 1. The minimum Gasteiger partial charge on any atom is -0.425 e. The van der Waals surface area contributed by atoms with Gasteiger partial charge in [-0.2, -0.15) is 5.06 Å². The summed E-state index contributed by atoms with van der Waals surface area (Å²) in [6, 6.07) is 3.62. The van der Waals surface area contributed by atoms with E-state index in [-0.39, 0.29) is 11.4 Å². The molecule has 1 aliphatic heterocycles. The van der Waals surface area contributed by atoms with Crippen molar-refractivity contribution in [2.75, 3.05) is 11.7 Å². The lowest BCUT2D eigenvalue weighted by Gasteiger charge is -2.23. The number of nitrogens with zero attached hydrogens (tertiary/aromatic N) is 1. The fourth-order valence-electron chi connectivity index (χ4n) is 1.25. The molecule has 0 fully saturated rings. The summed E-state index contributed by atoms with van der Waals surface area (Å²) < 4.78 is 18.2. The summed E-state index contributed by atoms with van der Waals surface area (Å²) in [7, 11) is -3.62. The Morgan fingerprint density at radius 2 is 2.24 bits per heavy atom. The van der Waals surface area contributed by atoms with Crippen LogP contribution in [0.5, 0.6) is 5.75 Å². The first kappa shape index (κ1) is 12.3. The van der Waals surface area contributed by atoms with Crippen molar-refractivity contribution in [1.82, 2.24) is 4.72 Å². The van der Waals surface area contributed by atoms with Crippen LogP contribution in [0.4, 0.5) is 10.5 Å². The first-order valence-electron chi connectivity index (χ1n) is 4.46. The van der Waals surface area contributed by atoms with Crippen molar-refractivity contribution in [3.8, 4) is 5.75 Å². The number of fused-ring (bicyclic) bond motifs is 1. The second-order valence-corrected chi connectivity index (χ2v) is 5.98. The standard InChI is InChI=1S/C8H9N2O5PS/c1-16(13,14)15-5-2-3-6-7(4-5)17-9-8(11)10(6)12/h2-4,12H,1H3,(H,9,11)(H,13,14). The van der Waals surface area contributed by atoms with Crippen molar-refractivity contribution in [2.45, 2.75) is 4.90 Å². The molecule has 3 N–H and O–H groups in total. The highest BCUT2D eigenvalue weighted by atomic mass is 32.2. The molecule has 1 heterocycles. The SMILES string of the molecule is CP(=O)(O)Oc1ccc2c(c1)SNC(=O)N2O. The van der Waals surface area contributed by atoms with Crippen LogP contribution in [0.15, 0.2) is 23.1 Å². The van der Waals surface area contributed by atoms with Crippen LogP contribution >= 0.6 is 19.5 Å². The van der Waals surface area contributed by atoms with Gasteiger partial charge in [0, 0.05) is 6.66 Å². The Morgan fingerprint density at radius 1 is 1.53 bits per heavy atom. The van der Waals surface area contributed by atoms with E-state index in [9.17, 15) is 14.6 Å². The summed E-state index contributed by atoms with van der Waals surface area (Å²) in [5.41, 5.74) is 0.287. The quantitative estimate of drug-likeness (QED) is 0.433. The maximum atomic E-state index is 11.1. The molecule has 0 saturated heterocycles. The van der Waals surface area contributed by atoms with Crippen LogP contribution in [0.25, 0.3) is 0 Å². The molecule has 92 valence electrons. The summed E-state index contributed by atoms with van der Waals surface area (Å²) in [5.74, 6) is 0.189. The molecule has 17 heavy (non-hydrogen) atoms. The summed E-state index contributed by atoms with van der Waals surface area (Å²) in [4.78, 5) is 20.7. The molecule has 0 aliphatic carbocycles. The third kappa shape index (κ3) is 2.73. The van der Waals surface area contributed by atoms with Crippen LogP contribution in [-0.4, -0.2) is 22.8 Å². The van der Waals surface area contributed by atoms with Gasteiger partial charge >= 0.3 is 13.6 Å². The fraction of sp³-hybridized carbons (Fsp3) is 0.125. The first-order valence-corrected chi connectivity index (χ1v) is 7.31. The molecule has 0 radical (unpaired) electrons. The van der Waals surface area contributed by atoms with Gasteiger partial charge in [0.25, 0.3) is 0 Å². The third-order valence-electron chi connectivity index (χ3n) is 1.87. The molecule has 1 aromatic rings. The molecule has 0 bridgehead atoms. The molecule has 0 saturated carbocycles. The number of urea groups is 1. The molecule has 2 amide bonds. The van der Waals surface area contributed by atoms with Crippen molar-refractivity contribution in [2.24, 2.45) is 0 Å². The zero-order valence-corrected chi connectivity index (χ0v) is 10.4. The van der Waals surface area contributed by atoms with Gasteiger partial charge in [-0.3, -0.25) is 9.93 Å². The van der Waals surface area contributed by atoms with Crippen LogP contribution < -0.4 is 14.3 Å². The number of hydrogen-bond donors (Lipinski definition) is 3. The van der Waals surface area contributed by atoms with Gasteiger partial charge in [-0.1, -0.05) is 0 Å². The van der Waals surface area contributed by atoms with Crippen molar-refractivity contribution in [3.05, 3.63) is 18.2 Å². The molecule has 1 aromatic carbocycles. The smallest absolute Gasteiger partial charge is 0.373 e. The highest BCUT2D eigenvalue weighted by molar-refractivity contribution is 7.98. The number of carbonyl (C=O) groups excluding carboxylic acids is 1. The number of carbonyl (C=O) groups is 1. The van der Waals surface area contributed by atoms with Gasteiger partial charge in [-0.15, -0.1) is 0 Å². The average Bonchev–Trinajstić information content (AvgIpc) is 2.21. The van der Waals surface area contributed by atoms with Gasteiger partial charge in [0.1, 0.15) is 5.75 Å². The number of anilines is 1. The van der Waals surface area contributed by atoms with Crippen LogP contribution in [-0.2, 0) is 4.57 Å². The highest BCUT2D eigenvalue weighted by Gasteiger charge is 2.24. The van der Waals surface area contributed by atoms with Gasteiger partial charge in [0.15, 0.2) is 0 Å². The molecular weight excluding hydrogens is 267 g/mol. The molecule has 1 unspecified atom stereocenters. The van der Waals surface area contributed by atoms with E-state index in [2.05, 4.69) is 4.72 Å². The maximum Gasteiger partial charge on any atom is 0.373 e. The molecule has 0 spiro atoms. The lowest BCUT2D eigenvalue weighted by Crippen LogP contribution is -2.37. The fourth-order valence-corrected chi connectivity index (χ4v) is 2.48. The van der Waals surface area contributed by atoms with E-state index in [0.29, 0.717) is 9.96 Å². The van der Waals surface area contributed by atoms with E-state index in [4.69, 9.17) is 9.42 Å². The predicted octanol–water partition coefficient (Wildman–Crippen LogP) is 1.81. The molecule has 7 nitrogen and oxygen atoms in total. The van der Waals surface area contributed by atoms with Gasteiger partial charge in [0.05, 0.1) is 10.6 Å². The Morgan fingerprint density at radius 3 is 2.88 bits per heavy atom. The van der Waals surface area contributed by atoms with Crippen molar-refractivity contribution < 1.29 is 24.0 Å². The Bertz CT molecular complexity index is 517. The second kappa shape index (κ2) is 4.23. The van der Waals surface area contributed by atoms with Gasteiger partial charge in [-0.25, -0.2) is 9.36 Å². The molecule has 1 aliphatic rings. The normalized spacial score (nSPS) is 18.1. The molecule has 1 atom stereocenters. The Hall–Kier alpha value is -1.21. The maximum absolute atomic E-state index is 11.1. The van der Waals surface area contributed by atoms with Crippen molar-refractivity contribution in [1.29, 1.82) is 0 Å². The molecule has 0 aromatic heterocycles. The first-order chi connectivity index (χ1) is 7.87. The lowest BCUT2D eigenvalue weighted by molar-refractivity contribution is 0.208. The number of hydrogen-bond acceptors (Lipinski definition) is 5. The van der Waals surface area contributed by atoms with Crippen LogP contribution in [0, 0.1) is 0 Å². The zero-order chi connectivity index (χ0) is 12.6. The molecular formula is C8H9N2O5PS. The third-order valence-corrected chi connectivity index (χ3v) is 3.25. The van der Waals surface area contributed by atoms with E-state index in [1.807, 2.05) is 0 Å². The van der Waals surface area contributed by atoms with Crippen molar-refractivity contribution >= 4 is 31.3 Å². The number of hydroxylamine groups is 1. The molecule has 2 rings (SSSR count). The second-order valence-electron chi connectivity index (χ2n) is 3.34. The van der Waals surface area contributed by atoms with Gasteiger partial charge in [0.2, 0.25) is 0 Å². The van der Waals surface area contributed by atoms with E-state index in [1.165, 1.54) is 18.2 Å². The summed E-state index contributed by atoms with van der Waals surface area (Å²) in [6.45, 7) is 1.07. The number of amides is 2. The topological polar surface area (TPSA) is 99.1 Å². The summed E-state index contributed by atoms with van der Waals surface area (Å²) in [5, 5.41) is 9.87. The zero-order valence-electron chi connectivity index (χ0n) is 8.65. The minimum absolute atomic E-state index is 0.189. The van der Waals surface area contributed by atoms with E-state index < -0.39 is 13.6 Å². The van der Waals surface area contributed by atoms with E-state index >= 15 is 0 Å². The molecule has 9 heteroatoms. The van der Waals surface area contributed by atoms with Crippen LogP contribution in [0.2, 0.25) is 0 Å². The average molecular weight is 276 g/mol. The number of rotatable bonds is 2. The highest BCUT2D eigenvalue weighted by Crippen LogP contribution is 2.41. The van der Waals surface area contributed by atoms with Crippen molar-refractivity contribution in [3.63, 3.8) is 0 Å². The summed E-state index contributed by atoms with van der Waals surface area (Å²) in [6.07, 6.45) is 0. The summed E-state index contributed by atoms with van der Waals surface area (Å²) >= 11 is 0.988. The Balaban J connectivity index is 2.32. The Kier molecular flexibility index (Phi) is 3.05. The monoisotopic (exact) mass is 276 g/mol. The largest absolute Gasteiger partial charge is 0.425 e. The van der Waals surface area contributed by atoms with Crippen LogP contribution in [0.3, 0.4) is 0 Å². The minimum atomic E-state index is -3.62. The van der Waals surface area contributed by atoms with E-state index in [0.717, 1.165) is 18.6 Å². The van der Waals surface area contributed by atoms with Crippen LogP contribution in [0.1, 0.15) is 0 Å². The Labute approximate surface area is 101 Å².